The Kier molecular flexibility index (Phi) is 10.2. The molecule has 2 aromatic carbocycles. The standard InChI is InChI=1S/C23H31N3O5S/c1-18(2)26-32(29,30)17-21-12-7-6-11-20(21)15-25-22(27)13-8-14-24-23(28)31-16-19-9-4-3-5-10-19/h3-7,9-12,18,26H,8,13-17H2,1-2H3,(H,24,28)(H,25,27). The first-order chi connectivity index (χ1) is 15.2. The van der Waals surface area contributed by atoms with Crippen LogP contribution in [0.2, 0.25) is 0 Å². The van der Waals surface area contributed by atoms with E-state index in [-0.39, 0.29) is 37.3 Å². The summed E-state index contributed by atoms with van der Waals surface area (Å²) >= 11 is 0. The van der Waals surface area contributed by atoms with Crippen molar-refractivity contribution in [2.75, 3.05) is 6.54 Å². The third kappa shape index (κ3) is 9.93. The Bertz CT molecular complexity index is 978. The molecule has 0 bridgehead atoms. The fourth-order valence-corrected chi connectivity index (χ4v) is 4.46. The van der Waals surface area contributed by atoms with Crippen LogP contribution >= 0.6 is 0 Å². The van der Waals surface area contributed by atoms with Crippen LogP contribution in [0.25, 0.3) is 0 Å². The average molecular weight is 462 g/mol. The lowest BCUT2D eigenvalue weighted by Gasteiger charge is -2.13. The number of benzene rings is 2. The number of carbonyl (C=O) groups is 2. The van der Waals surface area contributed by atoms with E-state index in [1.54, 1.807) is 38.1 Å². The maximum atomic E-state index is 12.2. The zero-order valence-corrected chi connectivity index (χ0v) is 19.3. The van der Waals surface area contributed by atoms with Crippen LogP contribution in [0.15, 0.2) is 54.6 Å². The SMILES string of the molecule is CC(C)NS(=O)(=O)Cc1ccccc1CNC(=O)CCCNC(=O)OCc1ccccc1. The van der Waals surface area contributed by atoms with Gasteiger partial charge in [0.15, 0.2) is 0 Å². The molecule has 0 spiro atoms. The number of nitrogens with one attached hydrogen (secondary N) is 3. The number of ether oxygens (including phenoxy) is 1. The normalized spacial score (nSPS) is 11.2. The lowest BCUT2D eigenvalue weighted by atomic mass is 10.1. The molecule has 0 radical (unpaired) electrons. The van der Waals surface area contributed by atoms with Gasteiger partial charge in [-0.2, -0.15) is 0 Å². The zero-order valence-electron chi connectivity index (χ0n) is 18.5. The second kappa shape index (κ2) is 12.8. The number of alkyl carbamates (subject to hydrolysis) is 1. The molecule has 0 saturated heterocycles. The number of amides is 2. The minimum absolute atomic E-state index is 0.147. The fraction of sp³-hybridized carbons (Fsp3) is 0.391. The number of hydrogen-bond donors (Lipinski definition) is 3. The molecule has 0 atom stereocenters. The topological polar surface area (TPSA) is 114 Å². The van der Waals surface area contributed by atoms with E-state index >= 15 is 0 Å². The minimum atomic E-state index is -3.46. The summed E-state index contributed by atoms with van der Waals surface area (Å²) in [6, 6.07) is 16.3. The van der Waals surface area contributed by atoms with Gasteiger partial charge in [-0.15, -0.1) is 0 Å². The van der Waals surface area contributed by atoms with Crippen molar-refractivity contribution in [3.63, 3.8) is 0 Å². The maximum absolute atomic E-state index is 12.2. The molecule has 174 valence electrons. The van der Waals surface area contributed by atoms with Gasteiger partial charge < -0.3 is 15.4 Å². The summed E-state index contributed by atoms with van der Waals surface area (Å²) in [5, 5.41) is 5.42. The first-order valence-electron chi connectivity index (χ1n) is 10.5. The van der Waals surface area contributed by atoms with Crippen LogP contribution in [0.1, 0.15) is 43.4 Å². The van der Waals surface area contributed by atoms with E-state index in [2.05, 4.69) is 15.4 Å². The molecule has 8 nitrogen and oxygen atoms in total. The summed E-state index contributed by atoms with van der Waals surface area (Å²) in [6.07, 6.45) is 0.161. The molecular weight excluding hydrogens is 430 g/mol. The summed E-state index contributed by atoms with van der Waals surface area (Å²) in [6.45, 7) is 4.27. The molecule has 32 heavy (non-hydrogen) atoms. The van der Waals surface area contributed by atoms with Crippen LogP contribution in [-0.4, -0.2) is 33.0 Å². The van der Waals surface area contributed by atoms with Gasteiger partial charge in [-0.1, -0.05) is 54.6 Å². The van der Waals surface area contributed by atoms with Crippen molar-refractivity contribution < 1.29 is 22.7 Å². The highest BCUT2D eigenvalue weighted by molar-refractivity contribution is 7.88. The Labute approximate surface area is 189 Å². The predicted molar refractivity (Wildman–Crippen MR) is 123 cm³/mol. The first kappa shape index (κ1) is 25.4. The Morgan fingerprint density at radius 3 is 2.28 bits per heavy atom. The van der Waals surface area contributed by atoms with Crippen molar-refractivity contribution in [3.8, 4) is 0 Å². The molecule has 0 saturated carbocycles. The van der Waals surface area contributed by atoms with Crippen LogP contribution in [0, 0.1) is 0 Å². The van der Waals surface area contributed by atoms with E-state index in [1.807, 2.05) is 30.3 Å². The Hall–Kier alpha value is -2.91. The Morgan fingerprint density at radius 1 is 0.938 bits per heavy atom. The summed E-state index contributed by atoms with van der Waals surface area (Å²) in [7, 11) is -3.46. The molecule has 0 aliphatic carbocycles. The summed E-state index contributed by atoms with van der Waals surface area (Å²) in [5.74, 6) is -0.325. The number of hydrogen-bond acceptors (Lipinski definition) is 5. The van der Waals surface area contributed by atoms with Gasteiger partial charge in [0.2, 0.25) is 15.9 Å². The second-order valence-electron chi connectivity index (χ2n) is 7.67. The molecule has 2 amide bonds. The third-order valence-corrected chi connectivity index (χ3v) is 5.94. The highest BCUT2D eigenvalue weighted by atomic mass is 32.2. The van der Waals surface area contributed by atoms with Crippen molar-refractivity contribution in [3.05, 3.63) is 71.3 Å². The predicted octanol–water partition coefficient (Wildman–Crippen LogP) is 2.84. The molecule has 3 N–H and O–H groups in total. The lowest BCUT2D eigenvalue weighted by Crippen LogP contribution is -2.32. The molecule has 0 fully saturated rings. The summed E-state index contributed by atoms with van der Waals surface area (Å²) < 4.78 is 32.1. The van der Waals surface area contributed by atoms with Crippen LogP contribution in [0.5, 0.6) is 0 Å². The van der Waals surface area contributed by atoms with Crippen molar-refractivity contribution in [2.45, 2.75) is 51.6 Å². The van der Waals surface area contributed by atoms with Gasteiger partial charge in [-0.05, 0) is 37.0 Å². The van der Waals surface area contributed by atoms with Gasteiger partial charge in [0.05, 0.1) is 5.75 Å². The van der Waals surface area contributed by atoms with Gasteiger partial charge in [0, 0.05) is 25.6 Å². The third-order valence-electron chi connectivity index (χ3n) is 4.42. The van der Waals surface area contributed by atoms with Gasteiger partial charge in [-0.25, -0.2) is 17.9 Å². The highest BCUT2D eigenvalue weighted by Gasteiger charge is 2.15. The van der Waals surface area contributed by atoms with Crippen molar-refractivity contribution in [1.29, 1.82) is 0 Å². The quantitative estimate of drug-likeness (QED) is 0.421. The van der Waals surface area contributed by atoms with Crippen LogP contribution in [0.4, 0.5) is 4.79 Å². The van der Waals surface area contributed by atoms with Crippen molar-refractivity contribution in [1.82, 2.24) is 15.4 Å². The van der Waals surface area contributed by atoms with Gasteiger partial charge in [0.1, 0.15) is 6.61 Å². The number of sulfonamides is 1. The zero-order chi connectivity index (χ0) is 23.4. The molecule has 0 unspecified atom stereocenters. The van der Waals surface area contributed by atoms with E-state index < -0.39 is 16.1 Å². The first-order valence-corrected chi connectivity index (χ1v) is 12.2. The minimum Gasteiger partial charge on any atom is -0.445 e. The Morgan fingerprint density at radius 2 is 1.59 bits per heavy atom. The molecule has 0 aliphatic rings. The van der Waals surface area contributed by atoms with Crippen LogP contribution in [0.3, 0.4) is 0 Å². The maximum Gasteiger partial charge on any atom is 0.407 e. The highest BCUT2D eigenvalue weighted by Crippen LogP contribution is 2.12. The van der Waals surface area contributed by atoms with Gasteiger partial charge in [0.25, 0.3) is 0 Å². The van der Waals surface area contributed by atoms with Crippen molar-refractivity contribution in [2.24, 2.45) is 0 Å². The molecule has 2 rings (SSSR count). The number of rotatable bonds is 12. The summed E-state index contributed by atoms with van der Waals surface area (Å²) in [5.41, 5.74) is 2.29. The van der Waals surface area contributed by atoms with Gasteiger partial charge >= 0.3 is 6.09 Å². The van der Waals surface area contributed by atoms with Crippen molar-refractivity contribution >= 4 is 22.0 Å². The number of carbonyl (C=O) groups excluding carboxylic acids is 2. The average Bonchev–Trinajstić information content (AvgIpc) is 2.74. The van der Waals surface area contributed by atoms with E-state index in [9.17, 15) is 18.0 Å². The molecule has 9 heteroatoms. The molecule has 0 aromatic heterocycles. The van der Waals surface area contributed by atoms with Gasteiger partial charge in [-0.3, -0.25) is 4.79 Å². The monoisotopic (exact) mass is 461 g/mol. The molecule has 0 aliphatic heterocycles. The lowest BCUT2D eigenvalue weighted by molar-refractivity contribution is -0.121. The van der Waals surface area contributed by atoms with Crippen LogP contribution in [-0.2, 0) is 38.5 Å². The molecule has 0 heterocycles. The fourth-order valence-electron chi connectivity index (χ4n) is 2.97. The smallest absolute Gasteiger partial charge is 0.407 e. The molecular formula is C23H31N3O5S. The van der Waals surface area contributed by atoms with E-state index in [0.717, 1.165) is 11.1 Å². The Balaban J connectivity index is 1.69. The van der Waals surface area contributed by atoms with E-state index in [4.69, 9.17) is 4.74 Å². The second-order valence-corrected chi connectivity index (χ2v) is 9.42. The van der Waals surface area contributed by atoms with E-state index in [1.165, 1.54) is 0 Å². The van der Waals surface area contributed by atoms with Crippen LogP contribution < -0.4 is 15.4 Å². The summed E-state index contributed by atoms with van der Waals surface area (Å²) in [4.78, 5) is 23.8. The largest absolute Gasteiger partial charge is 0.445 e. The van der Waals surface area contributed by atoms with E-state index in [0.29, 0.717) is 18.5 Å². The molecule has 2 aromatic rings.